The maximum atomic E-state index is 12.3. The van der Waals surface area contributed by atoms with Gasteiger partial charge in [0.15, 0.2) is 5.58 Å². The topological polar surface area (TPSA) is 84.2 Å². The minimum Gasteiger partial charge on any atom is -0.423 e. The zero-order chi connectivity index (χ0) is 17.3. The van der Waals surface area contributed by atoms with E-state index >= 15 is 0 Å². The Morgan fingerprint density at radius 1 is 1.17 bits per heavy atom. The van der Waals surface area contributed by atoms with E-state index < -0.39 is 5.91 Å². The van der Waals surface area contributed by atoms with Crippen molar-refractivity contribution in [2.75, 3.05) is 10.6 Å². The lowest BCUT2D eigenvalue weighted by Crippen LogP contribution is -2.12. The van der Waals surface area contributed by atoms with Crippen LogP contribution in [0.4, 0.5) is 11.7 Å². The quantitative estimate of drug-likeness (QED) is 0.670. The Hall–Kier alpha value is -2.38. The minimum atomic E-state index is -0.435. The van der Waals surface area contributed by atoms with E-state index in [1.807, 2.05) is 0 Å². The first kappa shape index (κ1) is 16.5. The summed E-state index contributed by atoms with van der Waals surface area (Å²) in [5.41, 5.74) is 1.88. The highest BCUT2D eigenvalue weighted by Crippen LogP contribution is 2.25. The molecule has 0 unspecified atom stereocenters. The van der Waals surface area contributed by atoms with Crippen molar-refractivity contribution in [3.63, 3.8) is 0 Å². The van der Waals surface area contributed by atoms with Crippen LogP contribution in [0.15, 0.2) is 45.3 Å². The predicted molar refractivity (Wildman–Crippen MR) is 95.4 cm³/mol. The Bertz CT molecular complexity index is 955. The zero-order valence-electron chi connectivity index (χ0n) is 12.4. The van der Waals surface area contributed by atoms with Gasteiger partial charge in [0.05, 0.1) is 10.6 Å². The van der Waals surface area contributed by atoms with Gasteiger partial charge in [0.2, 0.25) is 5.91 Å². The number of carbonyl (C=O) groups excluding carboxylic acids is 2. The summed E-state index contributed by atoms with van der Waals surface area (Å²) in [6.07, 6.45) is 0. The maximum Gasteiger partial charge on any atom is 0.302 e. The van der Waals surface area contributed by atoms with Crippen molar-refractivity contribution in [3.8, 4) is 0 Å². The minimum absolute atomic E-state index is 0.0472. The smallest absolute Gasteiger partial charge is 0.302 e. The van der Waals surface area contributed by atoms with Gasteiger partial charge >= 0.3 is 6.01 Å². The summed E-state index contributed by atoms with van der Waals surface area (Å²) in [5, 5.41) is 5.54. The summed E-state index contributed by atoms with van der Waals surface area (Å²) in [7, 11) is 0. The highest BCUT2D eigenvalue weighted by Gasteiger charge is 2.15. The molecule has 1 aromatic heterocycles. The number of rotatable bonds is 3. The van der Waals surface area contributed by atoms with E-state index in [4.69, 9.17) is 16.0 Å². The number of fused-ring (bicyclic) bond motifs is 1. The third-order valence-corrected chi connectivity index (χ3v) is 3.93. The lowest BCUT2D eigenvalue weighted by Gasteiger charge is -2.03. The van der Waals surface area contributed by atoms with Gasteiger partial charge in [0.1, 0.15) is 5.52 Å². The third kappa shape index (κ3) is 3.58. The number of hydrogen-bond donors (Lipinski definition) is 2. The van der Waals surface area contributed by atoms with Gasteiger partial charge < -0.3 is 9.73 Å². The predicted octanol–water partition coefficient (Wildman–Crippen LogP) is 4.45. The van der Waals surface area contributed by atoms with Crippen LogP contribution in [0.1, 0.15) is 17.3 Å². The molecule has 0 saturated heterocycles. The summed E-state index contributed by atoms with van der Waals surface area (Å²) in [5.74, 6) is -0.623. The molecule has 24 heavy (non-hydrogen) atoms. The van der Waals surface area contributed by atoms with Crippen LogP contribution in [-0.2, 0) is 4.79 Å². The molecule has 0 radical (unpaired) electrons. The molecule has 0 saturated carbocycles. The van der Waals surface area contributed by atoms with E-state index in [-0.39, 0.29) is 11.9 Å². The van der Waals surface area contributed by atoms with Crippen LogP contribution in [0.25, 0.3) is 11.1 Å². The fraction of sp³-hybridized carbons (Fsp3) is 0.0625. The van der Waals surface area contributed by atoms with Gasteiger partial charge in [0, 0.05) is 23.2 Å². The Labute approximate surface area is 150 Å². The molecule has 2 aromatic carbocycles. The molecule has 0 bridgehead atoms. The van der Waals surface area contributed by atoms with Crippen molar-refractivity contribution in [1.29, 1.82) is 0 Å². The number of oxazole rings is 1. The van der Waals surface area contributed by atoms with Crippen LogP contribution in [-0.4, -0.2) is 16.8 Å². The number of halogens is 2. The number of amides is 2. The van der Waals surface area contributed by atoms with Crippen molar-refractivity contribution in [2.24, 2.45) is 0 Å². The van der Waals surface area contributed by atoms with E-state index in [2.05, 4.69) is 31.5 Å². The SMILES string of the molecule is CC(=O)Nc1ccc2nc(NC(=O)c3cc(Br)ccc3Cl)oc2c1. The van der Waals surface area contributed by atoms with Crippen LogP contribution in [0.3, 0.4) is 0 Å². The van der Waals surface area contributed by atoms with E-state index in [0.29, 0.717) is 27.4 Å². The molecule has 3 aromatic rings. The molecule has 6 nitrogen and oxygen atoms in total. The van der Waals surface area contributed by atoms with E-state index in [9.17, 15) is 9.59 Å². The molecule has 122 valence electrons. The van der Waals surface area contributed by atoms with Crippen LogP contribution in [0.2, 0.25) is 5.02 Å². The number of aromatic nitrogens is 1. The molecular formula is C16H11BrClN3O3. The van der Waals surface area contributed by atoms with E-state index in [1.165, 1.54) is 6.92 Å². The summed E-state index contributed by atoms with van der Waals surface area (Å²) < 4.78 is 6.23. The molecule has 0 fully saturated rings. The first-order valence-electron chi connectivity index (χ1n) is 6.87. The number of carbonyl (C=O) groups is 2. The average Bonchev–Trinajstić information content (AvgIpc) is 2.90. The third-order valence-electron chi connectivity index (χ3n) is 3.10. The molecule has 0 aliphatic carbocycles. The van der Waals surface area contributed by atoms with Crippen LogP contribution in [0, 0.1) is 0 Å². The number of nitrogens with one attached hydrogen (secondary N) is 2. The van der Waals surface area contributed by atoms with Gasteiger partial charge in [-0.15, -0.1) is 0 Å². The van der Waals surface area contributed by atoms with Crippen molar-refractivity contribution >= 4 is 62.1 Å². The van der Waals surface area contributed by atoms with Crippen LogP contribution in [0.5, 0.6) is 0 Å². The molecular weight excluding hydrogens is 398 g/mol. The van der Waals surface area contributed by atoms with Crippen molar-refractivity contribution < 1.29 is 14.0 Å². The molecule has 8 heteroatoms. The second-order valence-corrected chi connectivity index (χ2v) is 6.28. The number of benzene rings is 2. The molecule has 0 spiro atoms. The molecule has 1 heterocycles. The second kappa shape index (κ2) is 6.62. The van der Waals surface area contributed by atoms with Crippen molar-refractivity contribution in [2.45, 2.75) is 6.92 Å². The normalized spacial score (nSPS) is 10.6. The highest BCUT2D eigenvalue weighted by molar-refractivity contribution is 9.10. The highest BCUT2D eigenvalue weighted by atomic mass is 79.9. The monoisotopic (exact) mass is 407 g/mol. The molecule has 3 rings (SSSR count). The van der Waals surface area contributed by atoms with Crippen molar-refractivity contribution in [1.82, 2.24) is 4.98 Å². The Kier molecular flexibility index (Phi) is 4.55. The van der Waals surface area contributed by atoms with Crippen LogP contribution < -0.4 is 10.6 Å². The first-order valence-corrected chi connectivity index (χ1v) is 8.04. The fourth-order valence-electron chi connectivity index (χ4n) is 2.10. The number of nitrogens with zero attached hydrogens (tertiary/aromatic N) is 1. The molecule has 2 N–H and O–H groups in total. The van der Waals surface area contributed by atoms with Gasteiger partial charge in [-0.3, -0.25) is 14.9 Å². The Balaban J connectivity index is 1.86. The lowest BCUT2D eigenvalue weighted by atomic mass is 10.2. The van der Waals surface area contributed by atoms with Gasteiger partial charge in [-0.05, 0) is 30.3 Å². The van der Waals surface area contributed by atoms with Gasteiger partial charge in [-0.1, -0.05) is 27.5 Å². The number of anilines is 2. The Morgan fingerprint density at radius 3 is 2.71 bits per heavy atom. The Morgan fingerprint density at radius 2 is 1.96 bits per heavy atom. The van der Waals surface area contributed by atoms with Gasteiger partial charge in [0.25, 0.3) is 5.91 Å². The largest absolute Gasteiger partial charge is 0.423 e. The van der Waals surface area contributed by atoms with Crippen LogP contribution >= 0.6 is 27.5 Å². The maximum absolute atomic E-state index is 12.3. The van der Waals surface area contributed by atoms with Crippen molar-refractivity contribution in [3.05, 3.63) is 51.5 Å². The molecule has 0 atom stereocenters. The zero-order valence-corrected chi connectivity index (χ0v) is 14.7. The standard InChI is InChI=1S/C16H11BrClN3O3/c1-8(22)19-10-3-5-13-14(7-10)24-16(20-13)21-15(23)11-6-9(17)2-4-12(11)18/h2-7H,1H3,(H,19,22)(H,20,21,23). The van der Waals surface area contributed by atoms with E-state index in [0.717, 1.165) is 4.47 Å². The molecule has 2 amide bonds. The van der Waals surface area contributed by atoms with Gasteiger partial charge in [-0.2, -0.15) is 4.98 Å². The summed E-state index contributed by atoms with van der Waals surface area (Å²) in [4.78, 5) is 27.6. The second-order valence-electron chi connectivity index (χ2n) is 4.96. The van der Waals surface area contributed by atoms with E-state index in [1.54, 1.807) is 36.4 Å². The molecule has 0 aliphatic heterocycles. The summed E-state index contributed by atoms with van der Waals surface area (Å²) >= 11 is 9.33. The summed E-state index contributed by atoms with van der Waals surface area (Å²) in [6, 6.07) is 10.0. The average molecular weight is 409 g/mol. The molecule has 0 aliphatic rings. The first-order chi connectivity index (χ1) is 11.4. The lowest BCUT2D eigenvalue weighted by molar-refractivity contribution is -0.114. The number of hydrogen-bond acceptors (Lipinski definition) is 4. The summed E-state index contributed by atoms with van der Waals surface area (Å²) in [6.45, 7) is 1.41. The fourth-order valence-corrected chi connectivity index (χ4v) is 2.66. The van der Waals surface area contributed by atoms with Gasteiger partial charge in [-0.25, -0.2) is 0 Å².